The van der Waals surface area contributed by atoms with Crippen molar-refractivity contribution in [2.75, 3.05) is 7.05 Å². The van der Waals surface area contributed by atoms with Crippen molar-refractivity contribution in [2.24, 2.45) is 5.92 Å². The summed E-state index contributed by atoms with van der Waals surface area (Å²) in [5.41, 5.74) is 1.03. The van der Waals surface area contributed by atoms with Crippen molar-refractivity contribution >= 4 is 0 Å². The number of aryl methyl sites for hydroxylation is 1. The molecule has 5 heteroatoms. The van der Waals surface area contributed by atoms with Gasteiger partial charge in [0, 0.05) is 6.04 Å². The maximum absolute atomic E-state index is 12.0. The lowest BCUT2D eigenvalue weighted by Gasteiger charge is -2.19. The van der Waals surface area contributed by atoms with Gasteiger partial charge >= 0.3 is 6.36 Å². The van der Waals surface area contributed by atoms with E-state index in [1.165, 1.54) is 12.1 Å². The summed E-state index contributed by atoms with van der Waals surface area (Å²) >= 11 is 0. The zero-order valence-corrected chi connectivity index (χ0v) is 12.1. The van der Waals surface area contributed by atoms with Gasteiger partial charge in [-0.25, -0.2) is 0 Å². The smallest absolute Gasteiger partial charge is 0.406 e. The van der Waals surface area contributed by atoms with Crippen molar-refractivity contribution < 1.29 is 17.9 Å². The van der Waals surface area contributed by atoms with Crippen LogP contribution >= 0.6 is 0 Å². The second kappa shape index (κ2) is 7.53. The maximum atomic E-state index is 12.0. The van der Waals surface area contributed by atoms with E-state index in [4.69, 9.17) is 0 Å². The molecule has 0 radical (unpaired) electrons. The number of alkyl halides is 3. The number of rotatable bonds is 7. The number of nitrogens with one attached hydrogen (secondary N) is 1. The molecule has 0 saturated carbocycles. The van der Waals surface area contributed by atoms with E-state index in [0.29, 0.717) is 12.0 Å². The van der Waals surface area contributed by atoms with Crippen molar-refractivity contribution in [3.63, 3.8) is 0 Å². The van der Waals surface area contributed by atoms with Crippen molar-refractivity contribution in [2.45, 2.75) is 45.5 Å². The Morgan fingerprint density at radius 2 is 1.75 bits per heavy atom. The highest BCUT2D eigenvalue weighted by Gasteiger charge is 2.30. The maximum Gasteiger partial charge on any atom is 0.573 e. The average molecular weight is 289 g/mol. The van der Waals surface area contributed by atoms with E-state index >= 15 is 0 Å². The number of hydrogen-bond donors (Lipinski definition) is 1. The van der Waals surface area contributed by atoms with Gasteiger partial charge < -0.3 is 10.1 Å². The molecule has 114 valence electrons. The van der Waals surface area contributed by atoms with Crippen molar-refractivity contribution in [1.29, 1.82) is 0 Å². The molecular weight excluding hydrogens is 267 g/mol. The lowest BCUT2D eigenvalue weighted by atomic mass is 9.97. The molecule has 0 aromatic heterocycles. The summed E-state index contributed by atoms with van der Waals surface area (Å²) in [7, 11) is 1.95. The Labute approximate surface area is 118 Å². The third-order valence-corrected chi connectivity index (χ3v) is 3.31. The van der Waals surface area contributed by atoms with Gasteiger partial charge in [-0.3, -0.25) is 0 Å². The summed E-state index contributed by atoms with van der Waals surface area (Å²) in [6.45, 7) is 4.34. The predicted molar refractivity (Wildman–Crippen MR) is 73.7 cm³/mol. The van der Waals surface area contributed by atoms with E-state index in [1.54, 1.807) is 12.1 Å². The van der Waals surface area contributed by atoms with E-state index in [1.807, 2.05) is 7.05 Å². The molecule has 1 rings (SSSR count). The molecule has 0 aliphatic heterocycles. The van der Waals surface area contributed by atoms with Crippen LogP contribution in [0.5, 0.6) is 5.75 Å². The first-order valence-corrected chi connectivity index (χ1v) is 6.84. The zero-order valence-electron chi connectivity index (χ0n) is 12.1. The van der Waals surface area contributed by atoms with Crippen molar-refractivity contribution in [1.82, 2.24) is 5.32 Å². The number of hydrogen-bond acceptors (Lipinski definition) is 2. The minimum Gasteiger partial charge on any atom is -0.406 e. The van der Waals surface area contributed by atoms with E-state index in [0.717, 1.165) is 24.8 Å². The van der Waals surface area contributed by atoms with Crippen LogP contribution in [-0.4, -0.2) is 19.5 Å². The fourth-order valence-corrected chi connectivity index (χ4v) is 2.19. The summed E-state index contributed by atoms with van der Waals surface area (Å²) in [6.07, 6.45) is -1.71. The molecule has 0 spiro atoms. The molecule has 0 fully saturated rings. The molecule has 0 heterocycles. The van der Waals surface area contributed by atoms with Crippen LogP contribution in [0.4, 0.5) is 13.2 Å². The van der Waals surface area contributed by atoms with E-state index < -0.39 is 6.36 Å². The van der Waals surface area contributed by atoms with Gasteiger partial charge in [-0.1, -0.05) is 26.0 Å². The van der Waals surface area contributed by atoms with Gasteiger partial charge in [-0.05, 0) is 49.9 Å². The van der Waals surface area contributed by atoms with Gasteiger partial charge in [-0.15, -0.1) is 13.2 Å². The molecule has 0 saturated heterocycles. The van der Waals surface area contributed by atoms with E-state index in [2.05, 4.69) is 23.9 Å². The van der Waals surface area contributed by atoms with Crippen LogP contribution in [0.2, 0.25) is 0 Å². The number of benzene rings is 1. The zero-order chi connectivity index (χ0) is 15.2. The molecule has 1 unspecified atom stereocenters. The van der Waals surface area contributed by atoms with Crippen LogP contribution in [0.1, 0.15) is 32.3 Å². The lowest BCUT2D eigenvalue weighted by molar-refractivity contribution is -0.274. The Morgan fingerprint density at radius 3 is 2.20 bits per heavy atom. The molecule has 1 N–H and O–H groups in total. The lowest BCUT2D eigenvalue weighted by Crippen LogP contribution is -2.30. The topological polar surface area (TPSA) is 21.3 Å². The van der Waals surface area contributed by atoms with E-state index in [9.17, 15) is 13.2 Å². The third-order valence-electron chi connectivity index (χ3n) is 3.31. The van der Waals surface area contributed by atoms with Crippen LogP contribution in [0, 0.1) is 5.92 Å². The standard InChI is InChI=1S/C15H22F3NO/c1-11(2)14(19-3)6-4-5-12-7-9-13(10-8-12)20-15(16,17)18/h7-11,14,19H,4-6H2,1-3H3. The first-order chi connectivity index (χ1) is 9.31. The molecular formula is C15H22F3NO. The van der Waals surface area contributed by atoms with Crippen LogP contribution in [0.25, 0.3) is 0 Å². The normalized spacial score (nSPS) is 13.6. The van der Waals surface area contributed by atoms with E-state index in [-0.39, 0.29) is 5.75 Å². The Balaban J connectivity index is 2.42. The second-order valence-corrected chi connectivity index (χ2v) is 5.22. The number of ether oxygens (including phenoxy) is 1. The molecule has 1 aromatic carbocycles. The van der Waals surface area contributed by atoms with Gasteiger partial charge in [-0.2, -0.15) is 0 Å². The summed E-state index contributed by atoms with van der Waals surface area (Å²) in [5.74, 6) is 0.402. The van der Waals surface area contributed by atoms with Gasteiger partial charge in [0.25, 0.3) is 0 Å². The molecule has 0 bridgehead atoms. The Morgan fingerprint density at radius 1 is 1.15 bits per heavy atom. The van der Waals surface area contributed by atoms with Crippen LogP contribution < -0.4 is 10.1 Å². The Bertz CT molecular complexity index is 387. The second-order valence-electron chi connectivity index (χ2n) is 5.22. The first kappa shape index (κ1) is 16.8. The molecule has 0 aliphatic carbocycles. The highest BCUT2D eigenvalue weighted by Crippen LogP contribution is 2.23. The van der Waals surface area contributed by atoms with Gasteiger partial charge in [0.1, 0.15) is 5.75 Å². The van der Waals surface area contributed by atoms with Crippen molar-refractivity contribution in [3.05, 3.63) is 29.8 Å². The monoisotopic (exact) mass is 289 g/mol. The predicted octanol–water partition coefficient (Wildman–Crippen LogP) is 4.15. The minimum absolute atomic E-state index is 0.170. The van der Waals surface area contributed by atoms with Gasteiger partial charge in [0.15, 0.2) is 0 Å². The van der Waals surface area contributed by atoms with Crippen LogP contribution in [-0.2, 0) is 6.42 Å². The molecule has 1 atom stereocenters. The molecule has 0 amide bonds. The summed E-state index contributed by atoms with van der Waals surface area (Å²) < 4.78 is 39.9. The third kappa shape index (κ3) is 6.28. The highest BCUT2D eigenvalue weighted by atomic mass is 19.4. The molecule has 1 aromatic rings. The molecule has 0 aliphatic rings. The Kier molecular flexibility index (Phi) is 6.33. The molecule has 2 nitrogen and oxygen atoms in total. The quantitative estimate of drug-likeness (QED) is 0.814. The largest absolute Gasteiger partial charge is 0.573 e. The van der Waals surface area contributed by atoms with Crippen LogP contribution in [0.3, 0.4) is 0 Å². The van der Waals surface area contributed by atoms with Gasteiger partial charge in [0.2, 0.25) is 0 Å². The molecule has 20 heavy (non-hydrogen) atoms. The van der Waals surface area contributed by atoms with Gasteiger partial charge in [0.05, 0.1) is 0 Å². The fraction of sp³-hybridized carbons (Fsp3) is 0.600. The highest BCUT2D eigenvalue weighted by molar-refractivity contribution is 5.27. The van der Waals surface area contributed by atoms with Crippen molar-refractivity contribution in [3.8, 4) is 5.75 Å². The minimum atomic E-state index is -4.63. The SMILES string of the molecule is CNC(CCCc1ccc(OC(F)(F)F)cc1)C(C)C. The first-order valence-electron chi connectivity index (χ1n) is 6.84. The Hall–Kier alpha value is -1.23. The average Bonchev–Trinajstić information content (AvgIpc) is 2.34. The van der Waals surface area contributed by atoms with Crippen LogP contribution in [0.15, 0.2) is 24.3 Å². The number of halogens is 3. The summed E-state index contributed by atoms with van der Waals surface area (Å²) in [6, 6.07) is 6.57. The summed E-state index contributed by atoms with van der Waals surface area (Å²) in [4.78, 5) is 0. The fourth-order valence-electron chi connectivity index (χ4n) is 2.19. The summed E-state index contributed by atoms with van der Waals surface area (Å²) in [5, 5.41) is 3.28.